The van der Waals surface area contributed by atoms with Crippen LogP contribution < -0.4 is 14.5 Å². The zero-order valence-electron chi connectivity index (χ0n) is 33.1. The highest BCUT2D eigenvalue weighted by molar-refractivity contribution is 6.13. The van der Waals surface area contributed by atoms with Crippen molar-refractivity contribution in [3.8, 4) is 28.0 Å². The van der Waals surface area contributed by atoms with Gasteiger partial charge in [-0.1, -0.05) is 164 Å². The average molecular weight is 775 g/mol. The Labute approximate surface area is 350 Å². The SMILES string of the molecule is C1=CCC(C2=CCC(N(c3ccc(-c4ccc5c(c4)OC4C5c5ccccc5N4c4ccccc4)cc3)c3cccc4c3oc3c(-c5ccccc5)cccc34)C=C2)C=C1. The van der Waals surface area contributed by atoms with Crippen LogP contribution in [0, 0.1) is 5.92 Å². The molecule has 60 heavy (non-hydrogen) atoms. The highest BCUT2D eigenvalue weighted by atomic mass is 16.5. The molecule has 3 heterocycles. The van der Waals surface area contributed by atoms with Crippen molar-refractivity contribution in [2.24, 2.45) is 5.92 Å². The Balaban J connectivity index is 0.917. The van der Waals surface area contributed by atoms with Crippen molar-refractivity contribution in [1.82, 2.24) is 0 Å². The molecule has 2 aliphatic heterocycles. The van der Waals surface area contributed by atoms with Gasteiger partial charge in [0, 0.05) is 44.9 Å². The van der Waals surface area contributed by atoms with Crippen LogP contribution in [0.3, 0.4) is 0 Å². The lowest BCUT2D eigenvalue weighted by atomic mass is 9.87. The average Bonchev–Trinajstić information content (AvgIpc) is 3.99. The van der Waals surface area contributed by atoms with Crippen LogP contribution in [0.2, 0.25) is 0 Å². The van der Waals surface area contributed by atoms with E-state index in [0.717, 1.165) is 79.8 Å². The number of hydrogen-bond donors (Lipinski definition) is 0. The van der Waals surface area contributed by atoms with Gasteiger partial charge in [-0.2, -0.15) is 0 Å². The summed E-state index contributed by atoms with van der Waals surface area (Å²) in [4.78, 5) is 4.83. The molecule has 7 aromatic carbocycles. The molecule has 12 rings (SSSR count). The molecule has 0 saturated carbocycles. The van der Waals surface area contributed by atoms with Crippen LogP contribution >= 0.6 is 0 Å². The van der Waals surface area contributed by atoms with E-state index in [0.29, 0.717) is 5.92 Å². The van der Waals surface area contributed by atoms with Gasteiger partial charge in [0.15, 0.2) is 11.8 Å². The Morgan fingerprint density at radius 2 is 1.35 bits per heavy atom. The molecule has 4 heteroatoms. The zero-order chi connectivity index (χ0) is 39.6. The second-order valence-corrected chi connectivity index (χ2v) is 16.2. The lowest BCUT2D eigenvalue weighted by Gasteiger charge is -2.34. The lowest BCUT2D eigenvalue weighted by Crippen LogP contribution is -2.32. The fourth-order valence-corrected chi connectivity index (χ4v) is 10.0. The number of ether oxygens (including phenoxy) is 1. The van der Waals surface area contributed by atoms with Crippen molar-refractivity contribution in [1.29, 1.82) is 0 Å². The van der Waals surface area contributed by atoms with Crippen LogP contribution in [0.4, 0.5) is 22.7 Å². The molecule has 4 atom stereocenters. The van der Waals surface area contributed by atoms with Gasteiger partial charge in [-0.3, -0.25) is 0 Å². The summed E-state index contributed by atoms with van der Waals surface area (Å²) in [7, 11) is 0. The van der Waals surface area contributed by atoms with Crippen molar-refractivity contribution >= 4 is 44.7 Å². The Morgan fingerprint density at radius 3 is 2.15 bits per heavy atom. The highest BCUT2D eigenvalue weighted by Gasteiger charge is 2.47. The Morgan fingerprint density at radius 1 is 0.583 bits per heavy atom. The van der Waals surface area contributed by atoms with Gasteiger partial charge >= 0.3 is 0 Å². The molecule has 4 nitrogen and oxygen atoms in total. The van der Waals surface area contributed by atoms with E-state index in [-0.39, 0.29) is 18.2 Å². The molecule has 0 fully saturated rings. The molecule has 0 bridgehead atoms. The maximum absolute atomic E-state index is 6.99. The van der Waals surface area contributed by atoms with Crippen LogP contribution in [0.25, 0.3) is 44.2 Å². The summed E-state index contributed by atoms with van der Waals surface area (Å²) in [6.07, 6.45) is 17.9. The molecule has 2 aliphatic carbocycles. The fourth-order valence-electron chi connectivity index (χ4n) is 10.0. The maximum Gasteiger partial charge on any atom is 0.187 e. The van der Waals surface area contributed by atoms with Gasteiger partial charge in [-0.15, -0.1) is 0 Å². The van der Waals surface area contributed by atoms with E-state index in [1.807, 2.05) is 0 Å². The molecule has 0 spiro atoms. The molecule has 0 amide bonds. The molecular weight excluding hydrogens is 733 g/mol. The molecular formula is C56H42N2O2. The lowest BCUT2D eigenvalue weighted by molar-refractivity contribution is 0.234. The summed E-state index contributed by atoms with van der Waals surface area (Å²) in [5.41, 5.74) is 14.8. The van der Waals surface area contributed by atoms with Gasteiger partial charge < -0.3 is 19.0 Å². The Bertz CT molecular complexity index is 3050. The van der Waals surface area contributed by atoms with Crippen molar-refractivity contribution in [3.63, 3.8) is 0 Å². The minimum Gasteiger partial charge on any atom is -0.469 e. The summed E-state index contributed by atoms with van der Waals surface area (Å²) in [6, 6.07) is 58.9. The normalized spacial score (nSPS) is 19.9. The van der Waals surface area contributed by atoms with Gasteiger partial charge in [0.05, 0.1) is 17.6 Å². The van der Waals surface area contributed by atoms with E-state index >= 15 is 0 Å². The summed E-state index contributed by atoms with van der Waals surface area (Å²) < 4.78 is 13.9. The van der Waals surface area contributed by atoms with Crippen molar-refractivity contribution < 1.29 is 9.15 Å². The van der Waals surface area contributed by atoms with Crippen molar-refractivity contribution in [2.45, 2.75) is 31.0 Å². The van der Waals surface area contributed by atoms with Crippen LogP contribution in [0.15, 0.2) is 216 Å². The van der Waals surface area contributed by atoms with Crippen LogP contribution in [0.5, 0.6) is 5.75 Å². The predicted octanol–water partition coefficient (Wildman–Crippen LogP) is 14.4. The fraction of sp³-hybridized carbons (Fsp3) is 0.107. The molecule has 4 aliphatic rings. The van der Waals surface area contributed by atoms with E-state index in [9.17, 15) is 0 Å². The van der Waals surface area contributed by atoms with Gasteiger partial charge in [0.1, 0.15) is 11.3 Å². The third-order valence-corrected chi connectivity index (χ3v) is 12.9. The topological polar surface area (TPSA) is 28.9 Å². The number of hydrogen-bond acceptors (Lipinski definition) is 4. The van der Waals surface area contributed by atoms with E-state index in [2.05, 4.69) is 216 Å². The Kier molecular flexibility index (Phi) is 8.22. The third kappa shape index (κ3) is 5.66. The quantitative estimate of drug-likeness (QED) is 0.161. The predicted molar refractivity (Wildman–Crippen MR) is 246 cm³/mol. The summed E-state index contributed by atoms with van der Waals surface area (Å²) >= 11 is 0. The van der Waals surface area contributed by atoms with Gasteiger partial charge in [0.25, 0.3) is 0 Å². The first kappa shape index (κ1) is 34.7. The van der Waals surface area contributed by atoms with Gasteiger partial charge in [-0.25, -0.2) is 0 Å². The number of rotatable bonds is 7. The highest BCUT2D eigenvalue weighted by Crippen LogP contribution is 2.55. The van der Waals surface area contributed by atoms with Crippen LogP contribution in [0.1, 0.15) is 29.9 Å². The second-order valence-electron chi connectivity index (χ2n) is 16.2. The number of furan rings is 1. The van der Waals surface area contributed by atoms with E-state index in [1.54, 1.807) is 0 Å². The summed E-state index contributed by atoms with van der Waals surface area (Å²) in [5.74, 6) is 1.52. The van der Waals surface area contributed by atoms with Crippen LogP contribution in [-0.4, -0.2) is 12.3 Å². The number of nitrogens with zero attached hydrogens (tertiary/aromatic N) is 2. The zero-order valence-corrected chi connectivity index (χ0v) is 33.1. The smallest absolute Gasteiger partial charge is 0.187 e. The molecule has 0 saturated heterocycles. The number of fused-ring (bicyclic) bond motifs is 8. The summed E-state index contributed by atoms with van der Waals surface area (Å²) in [5, 5.41) is 2.24. The minimum atomic E-state index is -0.126. The third-order valence-electron chi connectivity index (χ3n) is 12.9. The van der Waals surface area contributed by atoms with E-state index in [1.165, 1.54) is 22.4 Å². The largest absolute Gasteiger partial charge is 0.469 e. The first-order chi connectivity index (χ1) is 29.8. The molecule has 4 unspecified atom stereocenters. The molecule has 288 valence electrons. The number of para-hydroxylation sites is 4. The van der Waals surface area contributed by atoms with Gasteiger partial charge in [-0.05, 0) is 83.1 Å². The number of anilines is 4. The Hall–Kier alpha value is -7.30. The maximum atomic E-state index is 6.99. The first-order valence-electron chi connectivity index (χ1n) is 21.1. The minimum absolute atomic E-state index is 0.0957. The first-order valence-corrected chi connectivity index (χ1v) is 21.1. The standard InChI is InChI=1S/C56H42N2O2/c1-4-14-37(15-5-1)38-26-31-43(32-27-38)57(51-25-13-23-47-46-22-12-21-45(54(46)60-55(47)51)40-16-6-2-7-17-40)44-33-28-39(29-34-44)41-30-35-49-52(36-41)59-56-53(49)48-20-10-11-24-50(48)58(56)42-18-8-3-9-19-42/h1-14,16-31,33-37,43,53,56H,15,32H2. The second kappa shape index (κ2) is 14.2. The molecule has 0 N–H and O–H groups in total. The number of allylic oxidation sites excluding steroid dienone is 6. The monoisotopic (exact) mass is 774 g/mol. The van der Waals surface area contributed by atoms with Crippen molar-refractivity contribution in [2.75, 3.05) is 9.80 Å². The van der Waals surface area contributed by atoms with Crippen molar-refractivity contribution in [3.05, 3.63) is 223 Å². The van der Waals surface area contributed by atoms with Crippen LogP contribution in [-0.2, 0) is 0 Å². The van der Waals surface area contributed by atoms with E-state index < -0.39 is 0 Å². The van der Waals surface area contributed by atoms with Gasteiger partial charge in [0.2, 0.25) is 0 Å². The molecule has 8 aromatic rings. The summed E-state index contributed by atoms with van der Waals surface area (Å²) in [6.45, 7) is 0. The van der Waals surface area contributed by atoms with E-state index in [4.69, 9.17) is 9.15 Å². The molecule has 0 radical (unpaired) electrons. The number of benzene rings is 7. The molecule has 1 aromatic heterocycles.